The summed E-state index contributed by atoms with van der Waals surface area (Å²) in [5.41, 5.74) is 0. The second-order valence-electron chi connectivity index (χ2n) is 2.73. The molecule has 0 saturated heterocycles. The maximum atomic E-state index is 11.8. The molecule has 7 heteroatoms. The highest BCUT2D eigenvalue weighted by Crippen LogP contribution is 2.22. The Hall–Kier alpha value is -2.07. The number of hydrogen-bond donors (Lipinski definition) is 1. The molecule has 0 aliphatic heterocycles. The van der Waals surface area contributed by atoms with E-state index in [0.717, 1.165) is 7.11 Å². The summed E-state index contributed by atoms with van der Waals surface area (Å²) in [4.78, 5) is 2.42. The molecular formula is C9H9N2O4S+. The number of hydrogen-bond acceptors (Lipinski definition) is 5. The van der Waals surface area contributed by atoms with Gasteiger partial charge in [-0.15, -0.1) is 0 Å². The smallest absolute Gasteiger partial charge is 0.475 e. The Balaban J connectivity index is 3.40. The zero-order chi connectivity index (χ0) is 12.2. The largest absolute Gasteiger partial charge is 0.557 e. The van der Waals surface area contributed by atoms with Crippen LogP contribution in [0.3, 0.4) is 0 Å². The van der Waals surface area contributed by atoms with E-state index in [4.69, 9.17) is 10.5 Å². The molecule has 1 rings (SSSR count). The lowest BCUT2D eigenvalue weighted by Crippen LogP contribution is -2.06. The lowest BCUT2D eigenvalue weighted by atomic mass is 10.4. The molecular weight excluding hydrogens is 232 g/mol. The van der Waals surface area contributed by atoms with Crippen LogP contribution in [0.25, 0.3) is 4.98 Å². The van der Waals surface area contributed by atoms with E-state index < -0.39 is 20.8 Å². The molecule has 84 valence electrons. The fraction of sp³-hybridized carbons (Fsp3) is 0.111. The summed E-state index contributed by atoms with van der Waals surface area (Å²) >= 11 is 0. The molecule has 6 nitrogen and oxygen atoms in total. The Morgan fingerprint density at radius 3 is 2.38 bits per heavy atom. The maximum absolute atomic E-state index is 11.8. The van der Waals surface area contributed by atoms with Crippen LogP contribution in [-0.2, 0) is 14.6 Å². The average molecular weight is 241 g/mol. The van der Waals surface area contributed by atoms with Crippen LogP contribution >= 0.6 is 0 Å². The van der Waals surface area contributed by atoms with Gasteiger partial charge in [-0.1, -0.05) is 18.2 Å². The molecule has 1 aromatic carbocycles. The van der Waals surface area contributed by atoms with Gasteiger partial charge in [0.2, 0.25) is 5.39 Å². The summed E-state index contributed by atoms with van der Waals surface area (Å²) in [6, 6.07) is 7.26. The molecule has 0 aliphatic carbocycles. The summed E-state index contributed by atoms with van der Waals surface area (Å²) in [5.74, 6) is -0.966. The molecule has 0 fully saturated rings. The quantitative estimate of drug-likeness (QED) is 0.641. The highest BCUT2D eigenvalue weighted by molar-refractivity contribution is 7.95. The third-order valence-electron chi connectivity index (χ3n) is 1.78. The molecule has 0 atom stereocenters. The minimum Gasteiger partial charge on any atom is -0.475 e. The number of aliphatic hydroxyl groups is 1. The fourth-order valence-electron chi connectivity index (χ4n) is 1.01. The van der Waals surface area contributed by atoms with Gasteiger partial charge in [-0.2, -0.15) is 0 Å². The van der Waals surface area contributed by atoms with Gasteiger partial charge >= 0.3 is 11.0 Å². The van der Waals surface area contributed by atoms with Crippen LogP contribution < -0.4 is 0 Å². The molecule has 1 aromatic rings. The van der Waals surface area contributed by atoms with Gasteiger partial charge < -0.3 is 9.84 Å². The third-order valence-corrected chi connectivity index (χ3v) is 3.43. The first kappa shape index (κ1) is 12.0. The number of aliphatic hydroxyl groups excluding tert-OH is 1. The molecule has 0 radical (unpaired) electrons. The third kappa shape index (κ3) is 2.12. The highest BCUT2D eigenvalue weighted by atomic mass is 32.2. The summed E-state index contributed by atoms with van der Waals surface area (Å²) < 4.78 is 27.9. The Morgan fingerprint density at radius 1 is 1.38 bits per heavy atom. The van der Waals surface area contributed by atoms with Gasteiger partial charge in [0.1, 0.15) is 0 Å². The molecule has 0 spiro atoms. The van der Waals surface area contributed by atoms with E-state index in [1.54, 1.807) is 6.07 Å². The molecule has 0 amide bonds. The van der Waals surface area contributed by atoms with Crippen molar-refractivity contribution in [1.29, 1.82) is 5.39 Å². The lowest BCUT2D eigenvalue weighted by molar-refractivity contribution is 0.134. The van der Waals surface area contributed by atoms with E-state index in [2.05, 4.69) is 9.71 Å². The number of rotatable bonds is 3. The Labute approximate surface area is 92.3 Å². The van der Waals surface area contributed by atoms with E-state index in [1.807, 2.05) is 0 Å². The summed E-state index contributed by atoms with van der Waals surface area (Å²) in [7, 11) is -3.02. The first-order valence-electron chi connectivity index (χ1n) is 4.16. The first-order chi connectivity index (χ1) is 7.54. The first-order valence-corrected chi connectivity index (χ1v) is 5.65. The standard InChI is InChI=1S/C9H8N2O4S/c1-15-9(12)8(11-10)16(13,14)7-5-3-2-4-6-7/h2-6H,1H3/p+1/b9-8-. The van der Waals surface area contributed by atoms with Crippen LogP contribution in [0.4, 0.5) is 0 Å². The van der Waals surface area contributed by atoms with Crippen LogP contribution in [0.15, 0.2) is 46.2 Å². The number of ether oxygens (including phenoxy) is 1. The average Bonchev–Trinajstić information content (AvgIpc) is 2.30. The number of diazo groups is 1. The molecule has 16 heavy (non-hydrogen) atoms. The lowest BCUT2D eigenvalue weighted by Gasteiger charge is -1.97. The molecule has 0 unspecified atom stereocenters. The minimum absolute atomic E-state index is 0.105. The zero-order valence-electron chi connectivity index (χ0n) is 8.36. The van der Waals surface area contributed by atoms with Crippen molar-refractivity contribution in [3.63, 3.8) is 0 Å². The second-order valence-corrected chi connectivity index (χ2v) is 4.60. The summed E-state index contributed by atoms with van der Waals surface area (Å²) in [6.07, 6.45) is 0. The molecule has 0 heterocycles. The van der Waals surface area contributed by atoms with Crippen LogP contribution in [0, 0.1) is 5.39 Å². The van der Waals surface area contributed by atoms with E-state index in [-0.39, 0.29) is 4.90 Å². The van der Waals surface area contributed by atoms with E-state index in [1.165, 1.54) is 24.3 Å². The van der Waals surface area contributed by atoms with Gasteiger partial charge in [-0.05, 0) is 12.1 Å². The van der Waals surface area contributed by atoms with E-state index in [0.29, 0.717) is 0 Å². The predicted octanol–water partition coefficient (Wildman–Crippen LogP) is 1.64. The highest BCUT2D eigenvalue weighted by Gasteiger charge is 2.38. The molecule has 0 aliphatic rings. The fourth-order valence-corrected chi connectivity index (χ4v) is 2.17. The minimum atomic E-state index is -4.07. The number of methoxy groups -OCH3 is 1. The van der Waals surface area contributed by atoms with Gasteiger partial charge in [-0.3, -0.25) is 0 Å². The molecule has 1 N–H and O–H groups in total. The van der Waals surface area contributed by atoms with Crippen molar-refractivity contribution in [1.82, 2.24) is 0 Å². The van der Waals surface area contributed by atoms with Crippen LogP contribution in [0.2, 0.25) is 0 Å². The van der Waals surface area contributed by atoms with Crippen molar-refractivity contribution in [3.8, 4) is 0 Å². The molecule has 0 saturated carbocycles. The Kier molecular flexibility index (Phi) is 3.48. The van der Waals surface area contributed by atoms with Crippen LogP contribution in [-0.4, -0.2) is 20.6 Å². The van der Waals surface area contributed by atoms with Crippen molar-refractivity contribution in [2.75, 3.05) is 7.11 Å². The van der Waals surface area contributed by atoms with Gasteiger partial charge in [0, 0.05) is 0 Å². The number of sulfone groups is 1. The Morgan fingerprint density at radius 2 is 1.94 bits per heavy atom. The van der Waals surface area contributed by atoms with Crippen molar-refractivity contribution in [2.24, 2.45) is 0 Å². The number of nitrogens with zero attached hydrogens (tertiary/aromatic N) is 2. The topological polar surface area (TPSA) is 91.8 Å². The van der Waals surface area contributed by atoms with Gasteiger partial charge in [0.05, 0.1) is 12.0 Å². The van der Waals surface area contributed by atoms with Crippen molar-refractivity contribution in [3.05, 3.63) is 46.3 Å². The van der Waals surface area contributed by atoms with E-state index in [9.17, 15) is 8.42 Å². The van der Waals surface area contributed by atoms with E-state index >= 15 is 0 Å². The van der Waals surface area contributed by atoms with Crippen molar-refractivity contribution >= 4 is 9.84 Å². The maximum Gasteiger partial charge on any atom is 0.557 e. The summed E-state index contributed by atoms with van der Waals surface area (Å²) in [6.45, 7) is 0. The predicted molar refractivity (Wildman–Crippen MR) is 55.4 cm³/mol. The molecule has 0 bridgehead atoms. The normalized spacial score (nSPS) is 12.5. The molecule has 0 aromatic heterocycles. The Bertz CT molecular complexity index is 543. The number of benzene rings is 1. The van der Waals surface area contributed by atoms with Gasteiger partial charge in [-0.25, -0.2) is 8.42 Å². The van der Waals surface area contributed by atoms with Crippen molar-refractivity contribution < 1.29 is 18.3 Å². The zero-order valence-corrected chi connectivity index (χ0v) is 9.18. The van der Waals surface area contributed by atoms with Crippen LogP contribution in [0.1, 0.15) is 0 Å². The summed E-state index contributed by atoms with van der Waals surface area (Å²) in [5, 5.41) is 16.8. The SMILES string of the molecule is CO/C(O)=C(/[N+]#N)S(=O)(=O)c1ccccc1. The second kappa shape index (κ2) is 4.63. The van der Waals surface area contributed by atoms with Crippen molar-refractivity contribution in [2.45, 2.75) is 4.90 Å². The monoisotopic (exact) mass is 241 g/mol. The van der Waals surface area contributed by atoms with Gasteiger partial charge in [0.25, 0.3) is 9.84 Å². The van der Waals surface area contributed by atoms with Crippen LogP contribution in [0.5, 0.6) is 0 Å². The van der Waals surface area contributed by atoms with Gasteiger partial charge in [0.15, 0.2) is 4.98 Å².